The molecular weight excluding hydrogens is 350 g/mol. The molecule has 10 heteroatoms. The van der Waals surface area contributed by atoms with Crippen LogP contribution in [0.15, 0.2) is 18.2 Å². The van der Waals surface area contributed by atoms with Crippen molar-refractivity contribution in [2.75, 3.05) is 56.5 Å². The molecule has 0 saturated heterocycles. The average Bonchev–Trinajstić information content (AvgIpc) is 2.66. The molecule has 1 aliphatic rings. The first kappa shape index (κ1) is 18.5. The van der Waals surface area contributed by atoms with Gasteiger partial charge in [-0.05, 0) is 12.1 Å². The van der Waals surface area contributed by atoms with Crippen LogP contribution in [-0.4, -0.2) is 62.4 Å². The molecule has 0 spiro atoms. The van der Waals surface area contributed by atoms with Crippen molar-refractivity contribution in [3.8, 4) is 11.5 Å². The van der Waals surface area contributed by atoms with E-state index >= 15 is 0 Å². The van der Waals surface area contributed by atoms with Crippen molar-refractivity contribution in [1.82, 2.24) is 20.3 Å². The molecule has 144 valence electrons. The third-order valence-corrected chi connectivity index (χ3v) is 3.67. The predicted molar refractivity (Wildman–Crippen MR) is 102 cm³/mol. The molecule has 0 radical (unpaired) electrons. The Morgan fingerprint density at radius 3 is 2.26 bits per heavy atom. The SMILES string of the molecule is CN(C)c1nc(CNC(=O)Nc2ccc3c(c2)OCCO3)nc(N(C)C)n1. The Hall–Kier alpha value is -3.30. The number of ether oxygens (including phenoxy) is 2. The van der Waals surface area contributed by atoms with Gasteiger partial charge in [0.05, 0.1) is 6.54 Å². The van der Waals surface area contributed by atoms with E-state index in [-0.39, 0.29) is 12.6 Å². The molecule has 0 unspecified atom stereocenters. The van der Waals surface area contributed by atoms with Gasteiger partial charge in [-0.15, -0.1) is 0 Å². The number of carbonyl (C=O) groups excluding carboxylic acids is 1. The first-order chi connectivity index (χ1) is 12.9. The van der Waals surface area contributed by atoms with E-state index in [4.69, 9.17) is 9.47 Å². The van der Waals surface area contributed by atoms with Gasteiger partial charge in [0.2, 0.25) is 11.9 Å². The van der Waals surface area contributed by atoms with Crippen molar-refractivity contribution in [3.05, 3.63) is 24.0 Å². The Kier molecular flexibility index (Phi) is 5.43. The molecule has 3 rings (SSSR count). The predicted octanol–water partition coefficient (Wildman–Crippen LogP) is 1.10. The molecule has 0 bridgehead atoms. The molecule has 1 aliphatic heterocycles. The van der Waals surface area contributed by atoms with E-state index in [1.807, 2.05) is 28.2 Å². The van der Waals surface area contributed by atoms with Crippen LogP contribution in [0.5, 0.6) is 11.5 Å². The molecule has 2 N–H and O–H groups in total. The van der Waals surface area contributed by atoms with Crippen LogP contribution in [-0.2, 0) is 6.54 Å². The van der Waals surface area contributed by atoms with Gasteiger partial charge in [-0.1, -0.05) is 0 Å². The number of amides is 2. The van der Waals surface area contributed by atoms with Gasteiger partial charge in [0, 0.05) is 39.9 Å². The molecule has 2 heterocycles. The van der Waals surface area contributed by atoms with E-state index in [9.17, 15) is 4.79 Å². The molecule has 10 nitrogen and oxygen atoms in total. The number of fused-ring (bicyclic) bond motifs is 1. The van der Waals surface area contributed by atoms with Crippen LogP contribution in [0.3, 0.4) is 0 Å². The second kappa shape index (κ2) is 7.94. The van der Waals surface area contributed by atoms with Gasteiger partial charge >= 0.3 is 6.03 Å². The zero-order valence-electron chi connectivity index (χ0n) is 15.8. The highest BCUT2D eigenvalue weighted by molar-refractivity contribution is 5.89. The number of rotatable bonds is 5. The van der Waals surface area contributed by atoms with E-state index in [1.165, 1.54) is 0 Å². The number of benzene rings is 1. The number of hydrogen-bond donors (Lipinski definition) is 2. The molecule has 27 heavy (non-hydrogen) atoms. The zero-order chi connectivity index (χ0) is 19.4. The molecular formula is C17H23N7O3. The minimum Gasteiger partial charge on any atom is -0.486 e. The van der Waals surface area contributed by atoms with Crippen LogP contribution in [0.25, 0.3) is 0 Å². The van der Waals surface area contributed by atoms with E-state index in [0.717, 1.165) is 0 Å². The first-order valence-corrected chi connectivity index (χ1v) is 8.46. The second-order valence-corrected chi connectivity index (χ2v) is 6.31. The normalized spacial score (nSPS) is 12.3. The lowest BCUT2D eigenvalue weighted by Crippen LogP contribution is -2.30. The molecule has 0 saturated carbocycles. The Morgan fingerprint density at radius 2 is 1.63 bits per heavy atom. The Balaban J connectivity index is 1.63. The second-order valence-electron chi connectivity index (χ2n) is 6.31. The van der Waals surface area contributed by atoms with Crippen LogP contribution in [0.1, 0.15) is 5.82 Å². The van der Waals surface area contributed by atoms with Crippen molar-refractivity contribution in [3.63, 3.8) is 0 Å². The Bertz CT molecular complexity index is 800. The maximum Gasteiger partial charge on any atom is 0.319 e. The fraction of sp³-hybridized carbons (Fsp3) is 0.412. The number of anilines is 3. The molecule has 1 aromatic carbocycles. The van der Waals surface area contributed by atoms with E-state index in [0.29, 0.717) is 48.1 Å². The molecule has 2 aromatic rings. The van der Waals surface area contributed by atoms with E-state index in [2.05, 4.69) is 25.6 Å². The van der Waals surface area contributed by atoms with Gasteiger partial charge in [-0.2, -0.15) is 15.0 Å². The Morgan fingerprint density at radius 1 is 1.00 bits per heavy atom. The van der Waals surface area contributed by atoms with Crippen LogP contribution in [0.2, 0.25) is 0 Å². The topological polar surface area (TPSA) is 105 Å². The molecule has 0 fully saturated rings. The third-order valence-electron chi connectivity index (χ3n) is 3.67. The molecule has 0 aliphatic carbocycles. The van der Waals surface area contributed by atoms with Crippen molar-refractivity contribution in [2.45, 2.75) is 6.54 Å². The monoisotopic (exact) mass is 373 g/mol. The summed E-state index contributed by atoms with van der Waals surface area (Å²) in [5.41, 5.74) is 0.607. The number of urea groups is 1. The standard InChI is InChI=1S/C17H23N7O3/c1-23(2)15-20-14(21-16(22-15)24(3)4)10-18-17(25)19-11-5-6-12-13(9-11)27-8-7-26-12/h5-6,9H,7-8,10H2,1-4H3,(H2,18,19,25). The van der Waals surface area contributed by atoms with Gasteiger partial charge in [-0.3, -0.25) is 0 Å². The quantitative estimate of drug-likeness (QED) is 0.803. The van der Waals surface area contributed by atoms with Gasteiger partial charge in [0.25, 0.3) is 0 Å². The summed E-state index contributed by atoms with van der Waals surface area (Å²) in [5, 5.41) is 5.51. The van der Waals surface area contributed by atoms with Gasteiger partial charge in [0.15, 0.2) is 17.3 Å². The van der Waals surface area contributed by atoms with Crippen LogP contribution < -0.4 is 29.9 Å². The highest BCUT2D eigenvalue weighted by Crippen LogP contribution is 2.32. The van der Waals surface area contributed by atoms with Gasteiger partial charge in [0.1, 0.15) is 13.2 Å². The number of carbonyl (C=O) groups is 1. The minimum absolute atomic E-state index is 0.167. The first-order valence-electron chi connectivity index (χ1n) is 8.46. The van der Waals surface area contributed by atoms with Gasteiger partial charge < -0.3 is 29.9 Å². The maximum absolute atomic E-state index is 12.2. The average molecular weight is 373 g/mol. The van der Waals surface area contributed by atoms with Crippen molar-refractivity contribution >= 4 is 23.6 Å². The highest BCUT2D eigenvalue weighted by atomic mass is 16.6. The number of nitrogens with one attached hydrogen (secondary N) is 2. The van der Waals surface area contributed by atoms with Crippen molar-refractivity contribution < 1.29 is 14.3 Å². The summed E-state index contributed by atoms with van der Waals surface area (Å²) >= 11 is 0. The molecule has 0 atom stereocenters. The molecule has 2 amide bonds. The highest BCUT2D eigenvalue weighted by Gasteiger charge is 2.14. The zero-order valence-corrected chi connectivity index (χ0v) is 15.8. The summed E-state index contributed by atoms with van der Waals surface area (Å²) < 4.78 is 11.0. The smallest absolute Gasteiger partial charge is 0.319 e. The van der Waals surface area contributed by atoms with Crippen LogP contribution in [0.4, 0.5) is 22.4 Å². The van der Waals surface area contributed by atoms with Crippen molar-refractivity contribution in [2.24, 2.45) is 0 Å². The summed E-state index contributed by atoms with van der Waals surface area (Å²) in [5.74, 6) is 2.80. The summed E-state index contributed by atoms with van der Waals surface area (Å²) in [7, 11) is 7.39. The minimum atomic E-state index is -0.370. The van der Waals surface area contributed by atoms with Crippen LogP contribution >= 0.6 is 0 Å². The number of nitrogens with zero attached hydrogens (tertiary/aromatic N) is 5. The van der Waals surface area contributed by atoms with E-state index < -0.39 is 0 Å². The van der Waals surface area contributed by atoms with Gasteiger partial charge in [-0.25, -0.2) is 4.79 Å². The fourth-order valence-corrected chi connectivity index (χ4v) is 2.33. The van der Waals surface area contributed by atoms with Crippen LogP contribution in [0, 0.1) is 0 Å². The summed E-state index contributed by atoms with van der Waals surface area (Å²) in [6.07, 6.45) is 0. The largest absolute Gasteiger partial charge is 0.486 e. The van der Waals surface area contributed by atoms with Crippen molar-refractivity contribution in [1.29, 1.82) is 0 Å². The fourth-order valence-electron chi connectivity index (χ4n) is 2.33. The summed E-state index contributed by atoms with van der Waals surface area (Å²) in [4.78, 5) is 28.8. The lowest BCUT2D eigenvalue weighted by atomic mass is 10.2. The number of aromatic nitrogens is 3. The lowest BCUT2D eigenvalue weighted by molar-refractivity contribution is 0.171. The Labute approximate surface area is 157 Å². The number of hydrogen-bond acceptors (Lipinski definition) is 8. The molecule has 1 aromatic heterocycles. The third kappa shape index (κ3) is 4.66. The summed E-state index contributed by atoms with van der Waals surface area (Å²) in [6, 6.07) is 4.88. The lowest BCUT2D eigenvalue weighted by Gasteiger charge is -2.19. The maximum atomic E-state index is 12.2. The van der Waals surface area contributed by atoms with E-state index in [1.54, 1.807) is 28.0 Å². The summed E-state index contributed by atoms with van der Waals surface area (Å²) in [6.45, 7) is 1.18.